The van der Waals surface area contributed by atoms with Crippen LogP contribution in [0.1, 0.15) is 11.1 Å². The van der Waals surface area contributed by atoms with E-state index in [1.807, 2.05) is 24.3 Å². The highest BCUT2D eigenvalue weighted by Crippen LogP contribution is 2.26. The Hall–Kier alpha value is -2.01. The molecule has 0 saturated carbocycles. The molecule has 0 fully saturated rings. The van der Waals surface area contributed by atoms with E-state index in [1.165, 1.54) is 0 Å². The minimum atomic E-state index is 0.689. The van der Waals surface area contributed by atoms with Crippen molar-refractivity contribution in [2.75, 3.05) is 22.9 Å². The summed E-state index contributed by atoms with van der Waals surface area (Å²) in [6.07, 6.45) is 0. The minimum absolute atomic E-state index is 0.689. The summed E-state index contributed by atoms with van der Waals surface area (Å²) < 4.78 is 0. The van der Waals surface area contributed by atoms with Crippen LogP contribution in [0.25, 0.3) is 0 Å². The third-order valence-corrected chi connectivity index (χ3v) is 3.89. The first-order chi connectivity index (χ1) is 9.06. The summed E-state index contributed by atoms with van der Waals surface area (Å²) in [5.74, 6) is 1.66. The molecule has 8 N–H and O–H groups in total. The van der Waals surface area contributed by atoms with Gasteiger partial charge in [-0.1, -0.05) is 12.1 Å². The second kappa shape index (κ2) is 5.75. The van der Waals surface area contributed by atoms with Crippen LogP contribution < -0.4 is 22.9 Å². The average Bonchev–Trinajstić information content (AvgIpc) is 2.34. The van der Waals surface area contributed by atoms with E-state index in [9.17, 15) is 0 Å². The van der Waals surface area contributed by atoms with Crippen LogP contribution in [-0.4, -0.2) is 0 Å². The van der Waals surface area contributed by atoms with Crippen molar-refractivity contribution in [3.63, 3.8) is 0 Å². The molecule has 2 aromatic rings. The van der Waals surface area contributed by atoms with Crippen LogP contribution in [0.5, 0.6) is 0 Å². The van der Waals surface area contributed by atoms with Crippen molar-refractivity contribution in [3.8, 4) is 0 Å². The van der Waals surface area contributed by atoms with Crippen molar-refractivity contribution in [2.24, 2.45) is 0 Å². The molecule has 2 aromatic carbocycles. The number of thioether (sulfide) groups is 1. The van der Waals surface area contributed by atoms with Crippen LogP contribution in [0.2, 0.25) is 0 Å². The molecule has 0 saturated heterocycles. The van der Waals surface area contributed by atoms with Crippen molar-refractivity contribution in [3.05, 3.63) is 47.5 Å². The Labute approximate surface area is 117 Å². The van der Waals surface area contributed by atoms with Crippen LogP contribution >= 0.6 is 11.8 Å². The monoisotopic (exact) mass is 274 g/mol. The molecule has 4 nitrogen and oxygen atoms in total. The van der Waals surface area contributed by atoms with Gasteiger partial charge in [-0.15, -0.1) is 0 Å². The summed E-state index contributed by atoms with van der Waals surface area (Å²) in [7, 11) is 0. The SMILES string of the molecule is Nc1ccc(CSCc2ccc(N)cc2N)c(N)c1. The second-order valence-corrected chi connectivity index (χ2v) is 5.39. The molecule has 0 atom stereocenters. The van der Waals surface area contributed by atoms with Crippen LogP contribution in [0.4, 0.5) is 22.7 Å². The zero-order chi connectivity index (χ0) is 13.8. The molecule has 0 aliphatic rings. The van der Waals surface area contributed by atoms with Crippen molar-refractivity contribution in [1.29, 1.82) is 0 Å². The Balaban J connectivity index is 1.96. The Morgan fingerprint density at radius 1 is 0.684 bits per heavy atom. The van der Waals surface area contributed by atoms with Crippen molar-refractivity contribution in [1.82, 2.24) is 0 Å². The van der Waals surface area contributed by atoms with E-state index in [0.29, 0.717) is 11.4 Å². The van der Waals surface area contributed by atoms with Gasteiger partial charge in [0.2, 0.25) is 0 Å². The number of hydrogen-bond acceptors (Lipinski definition) is 5. The topological polar surface area (TPSA) is 104 Å². The number of nitrogen functional groups attached to an aromatic ring is 4. The fraction of sp³-hybridized carbons (Fsp3) is 0.143. The largest absolute Gasteiger partial charge is 0.399 e. The van der Waals surface area contributed by atoms with Gasteiger partial charge in [0.15, 0.2) is 0 Å². The van der Waals surface area contributed by atoms with E-state index in [0.717, 1.165) is 34.0 Å². The van der Waals surface area contributed by atoms with Gasteiger partial charge in [0.1, 0.15) is 0 Å². The van der Waals surface area contributed by atoms with E-state index in [-0.39, 0.29) is 0 Å². The van der Waals surface area contributed by atoms with E-state index in [1.54, 1.807) is 23.9 Å². The first-order valence-corrected chi connectivity index (χ1v) is 7.07. The number of hydrogen-bond donors (Lipinski definition) is 4. The predicted molar refractivity (Wildman–Crippen MR) is 85.5 cm³/mol. The Bertz CT molecular complexity index is 532. The first-order valence-electron chi connectivity index (χ1n) is 5.92. The molecule has 0 amide bonds. The zero-order valence-corrected chi connectivity index (χ0v) is 11.4. The molecule has 2 rings (SSSR count). The summed E-state index contributed by atoms with van der Waals surface area (Å²) in [5, 5.41) is 0. The fourth-order valence-corrected chi connectivity index (χ4v) is 2.83. The van der Waals surface area contributed by atoms with Gasteiger partial charge in [0.25, 0.3) is 0 Å². The van der Waals surface area contributed by atoms with Gasteiger partial charge in [0, 0.05) is 34.3 Å². The van der Waals surface area contributed by atoms with Gasteiger partial charge in [-0.05, 0) is 35.4 Å². The molecular weight excluding hydrogens is 256 g/mol. The standard InChI is InChI=1S/C14H18N4S/c15-11-3-1-9(13(17)5-11)7-19-8-10-2-4-12(16)6-14(10)18/h1-6H,7-8,15-18H2. The van der Waals surface area contributed by atoms with Gasteiger partial charge < -0.3 is 22.9 Å². The highest BCUT2D eigenvalue weighted by atomic mass is 32.2. The second-order valence-electron chi connectivity index (χ2n) is 4.41. The summed E-state index contributed by atoms with van der Waals surface area (Å²) in [6, 6.07) is 11.2. The first kappa shape index (κ1) is 13.4. The maximum Gasteiger partial charge on any atom is 0.0375 e. The van der Waals surface area contributed by atoms with Crippen LogP contribution in [0.15, 0.2) is 36.4 Å². The van der Waals surface area contributed by atoms with Crippen molar-refractivity contribution >= 4 is 34.5 Å². The highest BCUT2D eigenvalue weighted by molar-refractivity contribution is 7.97. The lowest BCUT2D eigenvalue weighted by Crippen LogP contribution is -1.97. The van der Waals surface area contributed by atoms with Gasteiger partial charge in [-0.3, -0.25) is 0 Å². The zero-order valence-electron chi connectivity index (χ0n) is 10.6. The lowest BCUT2D eigenvalue weighted by molar-refractivity contribution is 1.37. The van der Waals surface area contributed by atoms with Crippen LogP contribution in [0.3, 0.4) is 0 Å². The van der Waals surface area contributed by atoms with Crippen molar-refractivity contribution in [2.45, 2.75) is 11.5 Å². The third-order valence-electron chi connectivity index (χ3n) is 2.85. The summed E-state index contributed by atoms with van der Waals surface area (Å²) >= 11 is 1.76. The van der Waals surface area contributed by atoms with E-state index >= 15 is 0 Å². The summed E-state index contributed by atoms with van der Waals surface area (Å²) in [6.45, 7) is 0. The summed E-state index contributed by atoms with van der Waals surface area (Å²) in [4.78, 5) is 0. The Kier molecular flexibility index (Phi) is 4.06. The molecule has 100 valence electrons. The molecular formula is C14H18N4S. The maximum atomic E-state index is 5.92. The maximum absolute atomic E-state index is 5.92. The van der Waals surface area contributed by atoms with Gasteiger partial charge in [0.05, 0.1) is 0 Å². The number of rotatable bonds is 4. The van der Waals surface area contributed by atoms with E-state index in [4.69, 9.17) is 22.9 Å². The molecule has 0 radical (unpaired) electrons. The molecule has 0 heterocycles. The van der Waals surface area contributed by atoms with Crippen LogP contribution in [0, 0.1) is 0 Å². The number of nitrogens with two attached hydrogens (primary N) is 4. The lowest BCUT2D eigenvalue weighted by atomic mass is 10.2. The Morgan fingerprint density at radius 2 is 1.11 bits per heavy atom. The molecule has 5 heteroatoms. The molecule has 0 unspecified atom stereocenters. The Morgan fingerprint density at radius 3 is 1.47 bits per heavy atom. The average molecular weight is 274 g/mol. The van der Waals surface area contributed by atoms with Gasteiger partial charge >= 0.3 is 0 Å². The van der Waals surface area contributed by atoms with E-state index < -0.39 is 0 Å². The molecule has 19 heavy (non-hydrogen) atoms. The quantitative estimate of drug-likeness (QED) is 0.641. The predicted octanol–water partition coefficient (Wildman–Crippen LogP) is 2.45. The molecule has 0 aromatic heterocycles. The van der Waals surface area contributed by atoms with E-state index in [2.05, 4.69) is 0 Å². The highest BCUT2D eigenvalue weighted by Gasteiger charge is 2.03. The smallest absolute Gasteiger partial charge is 0.0375 e. The molecule has 0 spiro atoms. The molecule has 0 bridgehead atoms. The molecule has 0 aliphatic carbocycles. The van der Waals surface area contributed by atoms with Crippen molar-refractivity contribution < 1.29 is 0 Å². The minimum Gasteiger partial charge on any atom is -0.399 e. The molecule has 0 aliphatic heterocycles. The fourth-order valence-electron chi connectivity index (χ4n) is 1.76. The third kappa shape index (κ3) is 3.48. The summed E-state index contributed by atoms with van der Waals surface area (Å²) in [5.41, 5.74) is 28.2. The van der Waals surface area contributed by atoms with Gasteiger partial charge in [-0.25, -0.2) is 0 Å². The lowest BCUT2D eigenvalue weighted by Gasteiger charge is -2.08. The van der Waals surface area contributed by atoms with Crippen LogP contribution in [-0.2, 0) is 11.5 Å². The van der Waals surface area contributed by atoms with Gasteiger partial charge in [-0.2, -0.15) is 11.8 Å². The normalized spacial score (nSPS) is 10.5. The number of benzene rings is 2. The number of anilines is 4.